The lowest BCUT2D eigenvalue weighted by atomic mass is 10.1. The highest BCUT2D eigenvalue weighted by Crippen LogP contribution is 2.13. The maximum absolute atomic E-state index is 11.6. The van der Waals surface area contributed by atoms with E-state index in [4.69, 9.17) is 5.11 Å². The molecule has 0 radical (unpaired) electrons. The first-order valence-electron chi connectivity index (χ1n) is 4.75. The van der Waals surface area contributed by atoms with Gasteiger partial charge in [-0.2, -0.15) is 0 Å². The van der Waals surface area contributed by atoms with Gasteiger partial charge in [-0.05, 0) is 33.6 Å². The molecule has 0 atom stereocenters. The van der Waals surface area contributed by atoms with E-state index in [-0.39, 0.29) is 18.9 Å². The van der Waals surface area contributed by atoms with Crippen molar-refractivity contribution >= 4 is 11.9 Å². The molecule has 1 N–H and O–H groups in total. The van der Waals surface area contributed by atoms with Crippen molar-refractivity contribution < 1.29 is 14.7 Å². The average Bonchev–Trinajstić information content (AvgIpc) is 2.01. The second-order valence-corrected chi connectivity index (χ2v) is 4.15. The molecule has 0 saturated heterocycles. The molecule has 0 aromatic rings. The molecule has 4 nitrogen and oxygen atoms in total. The molecule has 0 aliphatic heterocycles. The van der Waals surface area contributed by atoms with Crippen LogP contribution < -0.4 is 0 Å². The number of nitrogens with zero attached hydrogens (tertiary/aromatic N) is 1. The van der Waals surface area contributed by atoms with E-state index in [1.165, 1.54) is 4.90 Å². The fraction of sp³-hybridized carbons (Fsp3) is 0.636. The predicted molar refractivity (Wildman–Crippen MR) is 57.2 cm³/mol. The maximum Gasteiger partial charge on any atom is 0.305 e. The Hall–Kier alpha value is -1.50. The van der Waals surface area contributed by atoms with Gasteiger partial charge in [0.05, 0.1) is 6.42 Å². The molecule has 0 heterocycles. The molecule has 4 heteroatoms. The average molecular weight is 211 g/mol. The zero-order chi connectivity index (χ0) is 12.1. The number of carbonyl (C=O) groups excluding carboxylic acids is 1. The summed E-state index contributed by atoms with van der Waals surface area (Å²) in [6.07, 6.45) is -0.0611. The highest BCUT2D eigenvalue weighted by atomic mass is 16.4. The van der Waals surface area contributed by atoms with E-state index in [1.807, 2.05) is 20.8 Å². The minimum absolute atomic E-state index is 0.0611. The van der Waals surface area contributed by atoms with Crippen molar-refractivity contribution in [2.45, 2.75) is 39.7 Å². The smallest absolute Gasteiger partial charge is 0.305 e. The van der Waals surface area contributed by atoms with E-state index in [0.29, 0.717) is 0 Å². The van der Waals surface area contributed by atoms with Crippen molar-refractivity contribution in [1.29, 1.82) is 0 Å². The van der Waals surface area contributed by atoms with Gasteiger partial charge in [0, 0.05) is 12.1 Å². The lowest BCUT2D eigenvalue weighted by Gasteiger charge is -2.33. The van der Waals surface area contributed by atoms with Crippen LogP contribution >= 0.6 is 0 Å². The van der Waals surface area contributed by atoms with Crippen molar-refractivity contribution in [2.24, 2.45) is 0 Å². The number of carboxylic acid groups (broad SMARTS) is 1. The van der Waals surface area contributed by atoms with Crippen LogP contribution in [0.5, 0.6) is 0 Å². The number of carbonyl (C=O) groups is 2. The minimum Gasteiger partial charge on any atom is -0.481 e. The molecular formula is C11H17NO3. The van der Waals surface area contributed by atoms with Crippen LogP contribution in [0.2, 0.25) is 0 Å². The second kappa shape index (κ2) is 5.40. The van der Waals surface area contributed by atoms with Crippen LogP contribution in [0.25, 0.3) is 0 Å². The Kier molecular flexibility index (Phi) is 4.86. The van der Waals surface area contributed by atoms with Crippen molar-refractivity contribution in [1.82, 2.24) is 4.90 Å². The fourth-order valence-electron chi connectivity index (χ4n) is 1.12. The largest absolute Gasteiger partial charge is 0.481 e. The minimum atomic E-state index is -0.915. The predicted octanol–water partition coefficient (Wildman–Crippen LogP) is 1.11. The number of rotatable bonds is 3. The quantitative estimate of drug-likeness (QED) is 0.711. The Balaban J connectivity index is 4.64. The SMILES string of the molecule is CC#CC(=O)N(CCC(=O)O)C(C)(C)C. The molecule has 0 aliphatic rings. The molecule has 0 unspecified atom stereocenters. The van der Waals surface area contributed by atoms with Crippen molar-refractivity contribution in [3.8, 4) is 11.8 Å². The third-order valence-corrected chi connectivity index (χ3v) is 1.84. The standard InChI is InChI=1S/C11H17NO3/c1-5-6-9(13)12(11(2,3)4)8-7-10(14)15/h7-8H2,1-4H3,(H,14,15). The number of carboxylic acids is 1. The van der Waals surface area contributed by atoms with Crippen LogP contribution in [0.4, 0.5) is 0 Å². The summed E-state index contributed by atoms with van der Waals surface area (Å²) >= 11 is 0. The Labute approximate surface area is 90.3 Å². The first-order valence-corrected chi connectivity index (χ1v) is 4.75. The van der Waals surface area contributed by atoms with Crippen molar-refractivity contribution in [3.63, 3.8) is 0 Å². The summed E-state index contributed by atoms with van der Waals surface area (Å²) in [5, 5.41) is 8.57. The highest BCUT2D eigenvalue weighted by molar-refractivity contribution is 5.94. The highest BCUT2D eigenvalue weighted by Gasteiger charge is 2.25. The summed E-state index contributed by atoms with van der Waals surface area (Å²) in [6.45, 7) is 7.32. The number of aliphatic carboxylic acids is 1. The van der Waals surface area contributed by atoms with Gasteiger partial charge in [-0.15, -0.1) is 0 Å². The van der Waals surface area contributed by atoms with E-state index in [9.17, 15) is 9.59 Å². The summed E-state index contributed by atoms with van der Waals surface area (Å²) in [4.78, 5) is 23.5. The molecule has 0 fully saturated rings. The van der Waals surface area contributed by atoms with Crippen LogP contribution in [0.15, 0.2) is 0 Å². The Morgan fingerprint density at radius 3 is 2.20 bits per heavy atom. The molecule has 1 amide bonds. The van der Waals surface area contributed by atoms with Crippen LogP contribution in [0.3, 0.4) is 0 Å². The van der Waals surface area contributed by atoms with Gasteiger partial charge >= 0.3 is 5.97 Å². The van der Waals surface area contributed by atoms with Gasteiger partial charge in [0.25, 0.3) is 5.91 Å². The summed E-state index contributed by atoms with van der Waals surface area (Å²) in [5.41, 5.74) is -0.406. The normalized spacial score (nSPS) is 10.1. The van der Waals surface area contributed by atoms with E-state index in [1.54, 1.807) is 6.92 Å². The van der Waals surface area contributed by atoms with Crippen LogP contribution in [-0.2, 0) is 9.59 Å². The molecule has 15 heavy (non-hydrogen) atoms. The van der Waals surface area contributed by atoms with Gasteiger partial charge in [-0.3, -0.25) is 9.59 Å². The first-order chi connectivity index (χ1) is 6.79. The third kappa shape index (κ3) is 5.06. The van der Waals surface area contributed by atoms with Crippen molar-refractivity contribution in [3.05, 3.63) is 0 Å². The lowest BCUT2D eigenvalue weighted by Crippen LogP contribution is -2.46. The number of hydrogen-bond donors (Lipinski definition) is 1. The zero-order valence-corrected chi connectivity index (χ0v) is 9.63. The van der Waals surface area contributed by atoms with Crippen LogP contribution in [-0.4, -0.2) is 34.0 Å². The molecule has 0 spiro atoms. The van der Waals surface area contributed by atoms with E-state index in [2.05, 4.69) is 11.8 Å². The van der Waals surface area contributed by atoms with Gasteiger partial charge in [-0.25, -0.2) is 0 Å². The van der Waals surface area contributed by atoms with Gasteiger partial charge in [0.15, 0.2) is 0 Å². The first kappa shape index (κ1) is 13.5. The molecule has 0 aromatic heterocycles. The molecule has 0 aromatic carbocycles. The fourth-order valence-corrected chi connectivity index (χ4v) is 1.12. The molecule has 0 saturated carbocycles. The molecule has 84 valence electrons. The van der Waals surface area contributed by atoms with Crippen LogP contribution in [0.1, 0.15) is 34.1 Å². The maximum atomic E-state index is 11.6. The summed E-state index contributed by atoms with van der Waals surface area (Å²) in [6, 6.07) is 0. The Morgan fingerprint density at radius 1 is 1.33 bits per heavy atom. The monoisotopic (exact) mass is 211 g/mol. The summed E-state index contributed by atoms with van der Waals surface area (Å²) in [7, 11) is 0. The second-order valence-electron chi connectivity index (χ2n) is 4.15. The van der Waals surface area contributed by atoms with Gasteiger partial charge in [0.1, 0.15) is 0 Å². The number of amides is 1. The van der Waals surface area contributed by atoms with Crippen molar-refractivity contribution in [2.75, 3.05) is 6.54 Å². The van der Waals surface area contributed by atoms with Gasteiger partial charge in [0.2, 0.25) is 0 Å². The van der Waals surface area contributed by atoms with E-state index >= 15 is 0 Å². The Bertz CT molecular complexity index is 304. The lowest BCUT2D eigenvalue weighted by molar-refractivity contribution is -0.138. The Morgan fingerprint density at radius 2 is 1.87 bits per heavy atom. The van der Waals surface area contributed by atoms with Gasteiger partial charge < -0.3 is 10.0 Å². The molecule has 0 aliphatic carbocycles. The molecular weight excluding hydrogens is 194 g/mol. The topological polar surface area (TPSA) is 57.6 Å². The summed E-state index contributed by atoms with van der Waals surface area (Å²) < 4.78 is 0. The number of hydrogen-bond acceptors (Lipinski definition) is 2. The molecule has 0 rings (SSSR count). The van der Waals surface area contributed by atoms with E-state index in [0.717, 1.165) is 0 Å². The van der Waals surface area contributed by atoms with Gasteiger partial charge in [-0.1, -0.05) is 5.92 Å². The summed E-state index contributed by atoms with van der Waals surface area (Å²) in [5.74, 6) is 3.70. The third-order valence-electron chi connectivity index (χ3n) is 1.84. The molecule has 0 bridgehead atoms. The van der Waals surface area contributed by atoms with Crippen LogP contribution in [0, 0.1) is 11.8 Å². The zero-order valence-electron chi connectivity index (χ0n) is 9.63. The van der Waals surface area contributed by atoms with E-state index < -0.39 is 11.5 Å².